The lowest BCUT2D eigenvalue weighted by molar-refractivity contribution is -0.148. The van der Waals surface area contributed by atoms with Gasteiger partial charge in [0.25, 0.3) is 0 Å². The summed E-state index contributed by atoms with van der Waals surface area (Å²) in [5.74, 6) is -1.23. The van der Waals surface area contributed by atoms with Crippen LogP contribution >= 0.6 is 23.2 Å². The van der Waals surface area contributed by atoms with Crippen molar-refractivity contribution in [1.82, 2.24) is 29.2 Å². The Morgan fingerprint density at radius 3 is 2.18 bits per heavy atom. The number of amides is 3. The van der Waals surface area contributed by atoms with Crippen molar-refractivity contribution in [3.05, 3.63) is 99.9 Å². The van der Waals surface area contributed by atoms with Gasteiger partial charge in [0, 0.05) is 67.6 Å². The zero-order valence-corrected chi connectivity index (χ0v) is 36.7. The molecule has 0 unspecified atom stereocenters. The van der Waals surface area contributed by atoms with E-state index in [0.717, 1.165) is 42.3 Å². The van der Waals surface area contributed by atoms with E-state index in [2.05, 4.69) is 9.47 Å². The van der Waals surface area contributed by atoms with Crippen LogP contribution in [-0.2, 0) is 45.7 Å². The van der Waals surface area contributed by atoms with Crippen LogP contribution in [0.2, 0.25) is 10.0 Å². The van der Waals surface area contributed by atoms with Crippen LogP contribution < -0.4 is 4.74 Å². The molecule has 2 saturated heterocycles. The Balaban J connectivity index is 1.24. The Hall–Kier alpha value is -4.75. The fourth-order valence-electron chi connectivity index (χ4n) is 8.16. The number of halogens is 2. The molecule has 0 radical (unpaired) electrons. The van der Waals surface area contributed by atoms with E-state index < -0.39 is 48.1 Å². The third-order valence-corrected chi connectivity index (χ3v) is 12.6. The highest BCUT2D eigenvalue weighted by molar-refractivity contribution is 6.31. The Morgan fingerprint density at radius 2 is 1.52 bits per heavy atom. The van der Waals surface area contributed by atoms with Gasteiger partial charge < -0.3 is 29.1 Å². The predicted octanol–water partition coefficient (Wildman–Crippen LogP) is 7.02. The third-order valence-electron chi connectivity index (χ3n) is 12.1. The summed E-state index contributed by atoms with van der Waals surface area (Å²) in [4.78, 5) is 68.2. The first-order valence-electron chi connectivity index (χ1n) is 20.7. The molecule has 3 heterocycles. The first-order valence-corrected chi connectivity index (χ1v) is 21.5. The molecule has 4 atom stereocenters. The Morgan fingerprint density at radius 1 is 0.833 bits per heavy atom. The molecular weight excluding hydrogens is 803 g/mol. The fraction of sp³-hybridized carbons (Fsp3) is 0.457. The van der Waals surface area contributed by atoms with E-state index in [-0.39, 0.29) is 31.8 Å². The van der Waals surface area contributed by atoms with Crippen molar-refractivity contribution in [2.75, 3.05) is 40.3 Å². The van der Waals surface area contributed by atoms with Gasteiger partial charge in [-0.2, -0.15) is 0 Å². The van der Waals surface area contributed by atoms with Gasteiger partial charge in [0.05, 0.1) is 49.6 Å². The summed E-state index contributed by atoms with van der Waals surface area (Å²) in [6, 6.07) is 18.6. The van der Waals surface area contributed by atoms with Crippen LogP contribution in [0.4, 0.5) is 0 Å². The number of nitrogens with zero attached hydrogens (tertiary/aromatic N) is 6. The van der Waals surface area contributed by atoms with Crippen LogP contribution in [0, 0.1) is 11.8 Å². The highest BCUT2D eigenvalue weighted by atomic mass is 35.5. The molecule has 6 rings (SSSR count). The molecule has 1 aromatic heterocycles. The SMILES string of the molecule is CC[C@@H]1CC(=O)N(Cc2ccc(Cl)cc2Oc2ccc(-c3cnc(CN4CCCC4)n3C)cc2)[C@@H](C)C(=O)C[C@@H](CO)C(=O)N(C)[C@H](Cc2ccc(Cl)cc2)CN(C)C1=O. The Bertz CT molecular complexity index is 2140. The molecule has 2 aliphatic heterocycles. The topological polar surface area (TPSA) is 129 Å². The van der Waals surface area contributed by atoms with Crippen molar-refractivity contribution < 1.29 is 29.0 Å². The molecular formula is C46H56Cl2N6O6. The summed E-state index contributed by atoms with van der Waals surface area (Å²) in [7, 11) is 5.34. The van der Waals surface area contributed by atoms with E-state index in [1.54, 1.807) is 56.3 Å². The number of aliphatic hydroxyl groups is 1. The number of carbonyl (C=O) groups excluding carboxylic acids is 4. The van der Waals surface area contributed by atoms with Crippen LogP contribution in [0.25, 0.3) is 11.3 Å². The second-order valence-electron chi connectivity index (χ2n) is 16.2. The number of likely N-dealkylation sites (tertiary alicyclic amines) is 1. The highest BCUT2D eigenvalue weighted by Gasteiger charge is 2.36. The molecule has 2 fully saturated rings. The standard InChI is InChI=1S/C46H56Cl2N6O6/c1-6-32-23-44(57)54(30(2)41(56)22-35(29-55)46(59)51(4)38(27-50(3)45(32)58)21-31-9-14-36(47)15-10-31)26-34-11-16-37(48)24-42(34)60-39-17-12-33(13-18-39)40-25-49-43(52(40)5)28-53-19-7-8-20-53/h9-18,24-25,30,32,35,38,55H,6-8,19-23,26-29H2,1-5H3/t30-,32+,35-,38+/m0/s1. The van der Waals surface area contributed by atoms with Gasteiger partial charge in [-0.25, -0.2) is 4.98 Å². The number of aromatic nitrogens is 2. The summed E-state index contributed by atoms with van der Waals surface area (Å²) >= 11 is 12.6. The zero-order chi connectivity index (χ0) is 43.1. The van der Waals surface area contributed by atoms with E-state index in [4.69, 9.17) is 32.9 Å². The number of ketones is 1. The Labute approximate surface area is 363 Å². The van der Waals surface area contributed by atoms with Gasteiger partial charge in [0.15, 0.2) is 5.78 Å². The smallest absolute Gasteiger partial charge is 0.228 e. The number of benzene rings is 3. The molecule has 2 aliphatic rings. The number of imidazole rings is 1. The largest absolute Gasteiger partial charge is 0.457 e. The van der Waals surface area contributed by atoms with Gasteiger partial charge in [0.2, 0.25) is 17.7 Å². The fourth-order valence-corrected chi connectivity index (χ4v) is 8.44. The zero-order valence-electron chi connectivity index (χ0n) is 35.2. The molecule has 0 spiro atoms. The number of likely N-dealkylation sites (N-methyl/N-ethyl adjacent to an activating group) is 2. The lowest BCUT2D eigenvalue weighted by Gasteiger charge is -2.36. The van der Waals surface area contributed by atoms with Crippen LogP contribution in [0.5, 0.6) is 11.5 Å². The number of rotatable bonds is 11. The van der Waals surface area contributed by atoms with Crippen molar-refractivity contribution >= 4 is 46.7 Å². The molecule has 3 aromatic carbocycles. The minimum Gasteiger partial charge on any atom is -0.457 e. The molecule has 0 saturated carbocycles. The molecule has 1 N–H and O–H groups in total. The number of Topliss-reactive ketones (excluding diaryl/α,β-unsaturated/α-hetero) is 1. The molecule has 3 amide bonds. The van der Waals surface area contributed by atoms with Gasteiger partial charge in [-0.15, -0.1) is 0 Å². The number of hydrogen-bond acceptors (Lipinski definition) is 8. The molecule has 0 aliphatic carbocycles. The number of carbonyl (C=O) groups is 4. The quantitative estimate of drug-likeness (QED) is 0.171. The van der Waals surface area contributed by atoms with Crippen molar-refractivity contribution in [2.24, 2.45) is 18.9 Å². The minimum absolute atomic E-state index is 0.0353. The van der Waals surface area contributed by atoms with Gasteiger partial charge in [-0.3, -0.25) is 24.1 Å². The summed E-state index contributed by atoms with van der Waals surface area (Å²) < 4.78 is 8.54. The van der Waals surface area contributed by atoms with E-state index >= 15 is 0 Å². The molecule has 0 bridgehead atoms. The molecule has 60 heavy (non-hydrogen) atoms. The lowest BCUT2D eigenvalue weighted by Crippen LogP contribution is -2.52. The minimum atomic E-state index is -1.05. The molecule has 320 valence electrons. The van der Waals surface area contributed by atoms with Gasteiger partial charge in [0.1, 0.15) is 17.3 Å². The predicted molar refractivity (Wildman–Crippen MR) is 233 cm³/mol. The van der Waals surface area contributed by atoms with Gasteiger partial charge in [-0.1, -0.05) is 48.3 Å². The first kappa shape index (κ1) is 44.8. The van der Waals surface area contributed by atoms with Crippen molar-refractivity contribution in [1.29, 1.82) is 0 Å². The van der Waals surface area contributed by atoms with E-state index in [1.165, 1.54) is 22.6 Å². The Kier molecular flexibility index (Phi) is 15.1. The average Bonchev–Trinajstić information content (AvgIpc) is 3.90. The van der Waals surface area contributed by atoms with Crippen LogP contribution in [0.1, 0.15) is 62.9 Å². The lowest BCUT2D eigenvalue weighted by atomic mass is 9.93. The monoisotopic (exact) mass is 858 g/mol. The maximum atomic E-state index is 14.4. The van der Waals surface area contributed by atoms with E-state index in [1.807, 2.05) is 56.6 Å². The van der Waals surface area contributed by atoms with Crippen LogP contribution in [0.15, 0.2) is 72.9 Å². The molecule has 14 heteroatoms. The summed E-state index contributed by atoms with van der Waals surface area (Å²) in [5, 5.41) is 11.5. The number of hydrogen-bond donors (Lipinski definition) is 1. The third kappa shape index (κ3) is 10.8. The highest BCUT2D eigenvalue weighted by Crippen LogP contribution is 2.33. The van der Waals surface area contributed by atoms with Crippen LogP contribution in [0.3, 0.4) is 0 Å². The second-order valence-corrected chi connectivity index (χ2v) is 17.1. The first-order chi connectivity index (χ1) is 28.8. The van der Waals surface area contributed by atoms with Crippen molar-refractivity contribution in [3.8, 4) is 22.8 Å². The van der Waals surface area contributed by atoms with Crippen molar-refractivity contribution in [2.45, 2.75) is 77.5 Å². The maximum Gasteiger partial charge on any atom is 0.228 e. The molecule has 12 nitrogen and oxygen atoms in total. The van der Waals surface area contributed by atoms with Crippen LogP contribution in [-0.4, -0.2) is 110 Å². The van der Waals surface area contributed by atoms with Gasteiger partial charge >= 0.3 is 0 Å². The number of aliphatic hydroxyl groups excluding tert-OH is 1. The van der Waals surface area contributed by atoms with Crippen molar-refractivity contribution in [3.63, 3.8) is 0 Å². The van der Waals surface area contributed by atoms with Gasteiger partial charge in [-0.05, 0) is 99.8 Å². The van der Waals surface area contributed by atoms with E-state index in [9.17, 15) is 24.3 Å². The molecule has 4 aromatic rings. The summed E-state index contributed by atoms with van der Waals surface area (Å²) in [6.45, 7) is 6.05. The number of ether oxygens (including phenoxy) is 1. The maximum absolute atomic E-state index is 14.4. The summed E-state index contributed by atoms with van der Waals surface area (Å²) in [6.07, 6.45) is 4.71. The normalized spacial score (nSPS) is 21.5. The second kappa shape index (κ2) is 20.2. The van der Waals surface area contributed by atoms with E-state index in [0.29, 0.717) is 39.9 Å². The summed E-state index contributed by atoms with van der Waals surface area (Å²) in [5.41, 5.74) is 3.46. The average molecular weight is 860 g/mol.